The minimum atomic E-state index is -0.831. The molecule has 0 bridgehead atoms. The summed E-state index contributed by atoms with van der Waals surface area (Å²) >= 11 is 2.86. The Kier molecular flexibility index (Phi) is 4.60. The van der Waals surface area contributed by atoms with E-state index in [0.29, 0.717) is 6.54 Å². The van der Waals surface area contributed by atoms with E-state index in [2.05, 4.69) is 16.9 Å². The van der Waals surface area contributed by atoms with Gasteiger partial charge >= 0.3 is 5.97 Å². The van der Waals surface area contributed by atoms with E-state index in [1.807, 2.05) is 23.1 Å². The highest BCUT2D eigenvalue weighted by atomic mass is 32.2. The van der Waals surface area contributed by atoms with Crippen LogP contribution in [0.4, 0.5) is 0 Å². The molecule has 0 aliphatic rings. The second kappa shape index (κ2) is 6.21. The zero-order valence-electron chi connectivity index (χ0n) is 10.8. The Labute approximate surface area is 119 Å². The summed E-state index contributed by atoms with van der Waals surface area (Å²) in [6.07, 6.45) is 2.68. The van der Waals surface area contributed by atoms with Crippen LogP contribution in [0.5, 0.6) is 0 Å². The maximum Gasteiger partial charge on any atom is 0.313 e. The molecule has 0 radical (unpaired) electrons. The first-order valence-electron chi connectivity index (χ1n) is 5.90. The Hall–Kier alpha value is -1.34. The summed E-state index contributed by atoms with van der Waals surface area (Å²) in [5.74, 6) is -0.806. The van der Waals surface area contributed by atoms with E-state index < -0.39 is 5.97 Å². The van der Waals surface area contributed by atoms with E-state index in [4.69, 9.17) is 5.11 Å². The van der Waals surface area contributed by atoms with Gasteiger partial charge in [-0.3, -0.25) is 4.79 Å². The van der Waals surface area contributed by atoms with Crippen molar-refractivity contribution in [1.82, 2.24) is 14.5 Å². The van der Waals surface area contributed by atoms with E-state index in [1.165, 1.54) is 11.8 Å². The SMILES string of the molecule is CCc1cnc(SCC(=O)O)n1Cc1nc(C)cs1. The number of aromatic nitrogens is 3. The third kappa shape index (κ3) is 3.57. The summed E-state index contributed by atoms with van der Waals surface area (Å²) in [4.78, 5) is 19.4. The first-order valence-corrected chi connectivity index (χ1v) is 7.76. The van der Waals surface area contributed by atoms with Crippen LogP contribution in [0.25, 0.3) is 0 Å². The number of aliphatic carboxylic acids is 1. The van der Waals surface area contributed by atoms with Gasteiger partial charge in [-0.2, -0.15) is 0 Å². The van der Waals surface area contributed by atoms with Crippen molar-refractivity contribution in [3.05, 3.63) is 28.0 Å². The second-order valence-electron chi connectivity index (χ2n) is 4.04. The van der Waals surface area contributed by atoms with Crippen LogP contribution in [-0.2, 0) is 17.8 Å². The lowest BCUT2D eigenvalue weighted by atomic mass is 10.3. The van der Waals surface area contributed by atoms with Gasteiger partial charge in [0.2, 0.25) is 0 Å². The van der Waals surface area contributed by atoms with Crippen molar-refractivity contribution in [2.45, 2.75) is 32.0 Å². The molecule has 2 aromatic rings. The number of aryl methyl sites for hydroxylation is 2. The molecule has 0 amide bonds. The van der Waals surface area contributed by atoms with Crippen LogP contribution in [0.1, 0.15) is 23.3 Å². The van der Waals surface area contributed by atoms with Crippen molar-refractivity contribution >= 4 is 29.1 Å². The van der Waals surface area contributed by atoms with Gasteiger partial charge in [0.15, 0.2) is 5.16 Å². The van der Waals surface area contributed by atoms with Crippen LogP contribution in [0.3, 0.4) is 0 Å². The smallest absolute Gasteiger partial charge is 0.313 e. The Morgan fingerprint density at radius 3 is 2.95 bits per heavy atom. The first-order chi connectivity index (χ1) is 9.10. The number of hydrogen-bond donors (Lipinski definition) is 1. The average Bonchev–Trinajstić information content (AvgIpc) is 2.94. The molecule has 0 saturated carbocycles. The molecule has 0 aromatic carbocycles. The molecule has 102 valence electrons. The first kappa shape index (κ1) is 14.1. The fourth-order valence-corrected chi connectivity index (χ4v) is 3.17. The number of nitrogens with zero attached hydrogens (tertiary/aromatic N) is 3. The Bertz CT molecular complexity index is 577. The zero-order valence-corrected chi connectivity index (χ0v) is 12.4. The third-order valence-corrected chi connectivity index (χ3v) is 4.48. The molecule has 0 spiro atoms. The van der Waals surface area contributed by atoms with Crippen LogP contribution in [-0.4, -0.2) is 31.4 Å². The molecule has 0 atom stereocenters. The molecule has 0 aliphatic heterocycles. The number of hydrogen-bond acceptors (Lipinski definition) is 5. The van der Waals surface area contributed by atoms with Gasteiger partial charge in [-0.25, -0.2) is 9.97 Å². The summed E-state index contributed by atoms with van der Waals surface area (Å²) in [7, 11) is 0. The van der Waals surface area contributed by atoms with Crippen molar-refractivity contribution < 1.29 is 9.90 Å². The van der Waals surface area contributed by atoms with Crippen LogP contribution in [0.15, 0.2) is 16.7 Å². The molecule has 0 fully saturated rings. The van der Waals surface area contributed by atoms with E-state index in [-0.39, 0.29) is 5.75 Å². The summed E-state index contributed by atoms with van der Waals surface area (Å²) in [5, 5.41) is 12.5. The molecule has 2 aromatic heterocycles. The number of carbonyl (C=O) groups is 1. The normalized spacial score (nSPS) is 10.8. The van der Waals surface area contributed by atoms with Crippen LogP contribution in [0, 0.1) is 6.92 Å². The molecular weight excluding hydrogens is 282 g/mol. The van der Waals surface area contributed by atoms with Crippen molar-refractivity contribution in [3.63, 3.8) is 0 Å². The van der Waals surface area contributed by atoms with Gasteiger partial charge in [-0.05, 0) is 13.3 Å². The number of thioether (sulfide) groups is 1. The second-order valence-corrected chi connectivity index (χ2v) is 5.92. The van der Waals surface area contributed by atoms with Crippen LogP contribution < -0.4 is 0 Å². The third-order valence-electron chi connectivity index (χ3n) is 2.55. The number of carboxylic acids is 1. The predicted octanol–water partition coefficient (Wildman–Crippen LogP) is 2.44. The average molecular weight is 297 g/mol. The topological polar surface area (TPSA) is 68.0 Å². The maximum absolute atomic E-state index is 10.7. The van der Waals surface area contributed by atoms with Gasteiger partial charge in [0.25, 0.3) is 0 Å². The molecule has 0 saturated heterocycles. The highest BCUT2D eigenvalue weighted by Gasteiger charge is 2.12. The monoisotopic (exact) mass is 297 g/mol. The van der Waals surface area contributed by atoms with Gasteiger partial charge in [-0.15, -0.1) is 11.3 Å². The molecule has 0 unspecified atom stereocenters. The molecular formula is C12H15N3O2S2. The Morgan fingerprint density at radius 2 is 2.37 bits per heavy atom. The largest absolute Gasteiger partial charge is 0.481 e. The van der Waals surface area contributed by atoms with E-state index >= 15 is 0 Å². The van der Waals surface area contributed by atoms with E-state index in [1.54, 1.807) is 11.3 Å². The highest BCUT2D eigenvalue weighted by molar-refractivity contribution is 7.99. The maximum atomic E-state index is 10.7. The molecule has 1 N–H and O–H groups in total. The molecule has 5 nitrogen and oxygen atoms in total. The van der Waals surface area contributed by atoms with Gasteiger partial charge in [-0.1, -0.05) is 18.7 Å². The molecule has 2 heterocycles. The lowest BCUT2D eigenvalue weighted by Crippen LogP contribution is -2.07. The summed E-state index contributed by atoms with van der Waals surface area (Å²) in [5.41, 5.74) is 2.11. The van der Waals surface area contributed by atoms with Gasteiger partial charge in [0, 0.05) is 23.0 Å². The van der Waals surface area contributed by atoms with Crippen molar-refractivity contribution in [1.29, 1.82) is 0 Å². The molecule has 0 aliphatic carbocycles. The van der Waals surface area contributed by atoms with Gasteiger partial charge < -0.3 is 9.67 Å². The number of imidazole rings is 1. The van der Waals surface area contributed by atoms with Gasteiger partial charge in [0.1, 0.15) is 5.01 Å². The summed E-state index contributed by atoms with van der Waals surface area (Å²) < 4.78 is 2.05. The highest BCUT2D eigenvalue weighted by Crippen LogP contribution is 2.21. The number of thiazole rings is 1. The van der Waals surface area contributed by atoms with Gasteiger partial charge in [0.05, 0.1) is 12.3 Å². The molecule has 7 heteroatoms. The zero-order chi connectivity index (χ0) is 13.8. The lowest BCUT2D eigenvalue weighted by molar-refractivity contribution is -0.133. The van der Waals surface area contributed by atoms with E-state index in [9.17, 15) is 4.79 Å². The quantitative estimate of drug-likeness (QED) is 0.829. The summed E-state index contributed by atoms with van der Waals surface area (Å²) in [6, 6.07) is 0. The minimum absolute atomic E-state index is 0.0249. The Balaban J connectivity index is 2.20. The predicted molar refractivity (Wildman–Crippen MR) is 75.9 cm³/mol. The Morgan fingerprint density at radius 1 is 1.58 bits per heavy atom. The summed E-state index contributed by atoms with van der Waals surface area (Å²) in [6.45, 7) is 4.69. The van der Waals surface area contributed by atoms with E-state index in [0.717, 1.165) is 28.0 Å². The van der Waals surface area contributed by atoms with Crippen molar-refractivity contribution in [2.24, 2.45) is 0 Å². The fraction of sp³-hybridized carbons (Fsp3) is 0.417. The van der Waals surface area contributed by atoms with Crippen LogP contribution >= 0.6 is 23.1 Å². The lowest BCUT2D eigenvalue weighted by Gasteiger charge is -2.08. The molecule has 2 rings (SSSR count). The van der Waals surface area contributed by atoms with Crippen molar-refractivity contribution in [2.75, 3.05) is 5.75 Å². The standard InChI is InChI=1S/C12H15N3O2S2/c1-3-9-4-13-12(19-7-11(16)17)15(9)5-10-14-8(2)6-18-10/h4,6H,3,5,7H2,1-2H3,(H,16,17). The van der Waals surface area contributed by atoms with Crippen molar-refractivity contribution in [3.8, 4) is 0 Å². The van der Waals surface area contributed by atoms with Crippen LogP contribution in [0.2, 0.25) is 0 Å². The number of carboxylic acid groups (broad SMARTS) is 1. The molecule has 19 heavy (non-hydrogen) atoms. The minimum Gasteiger partial charge on any atom is -0.481 e. The number of rotatable bonds is 6. The fourth-order valence-electron chi connectivity index (χ4n) is 1.70.